The molecule has 1 unspecified atom stereocenters. The SMILES string of the molecule is C=C(C)C(=O)O.C=C(C)C(=O)O.C=C(C)C(=O)Oc1ccccc1.C=C(C)C(=O)Oc1ccccc1.CC1CO1. The van der Waals surface area contributed by atoms with Gasteiger partial charge in [0.25, 0.3) is 0 Å². The van der Waals surface area contributed by atoms with Gasteiger partial charge in [-0.3, -0.25) is 0 Å². The Bertz CT molecular complexity index is 1030. The van der Waals surface area contributed by atoms with Gasteiger partial charge in [0.2, 0.25) is 0 Å². The summed E-state index contributed by atoms with van der Waals surface area (Å²) in [6.45, 7) is 22.4. The Labute approximate surface area is 235 Å². The molecule has 3 rings (SSSR count). The maximum Gasteiger partial charge on any atom is 0.338 e. The number of carboxylic acids is 2. The predicted molar refractivity (Wildman–Crippen MR) is 154 cm³/mol. The van der Waals surface area contributed by atoms with Gasteiger partial charge in [0.05, 0.1) is 12.7 Å². The first-order valence-corrected chi connectivity index (χ1v) is 11.8. The fourth-order valence-electron chi connectivity index (χ4n) is 1.46. The molecule has 0 aliphatic carbocycles. The minimum Gasteiger partial charge on any atom is -0.478 e. The molecule has 9 heteroatoms. The van der Waals surface area contributed by atoms with E-state index in [0.29, 0.717) is 28.7 Å². The van der Waals surface area contributed by atoms with E-state index in [9.17, 15) is 19.2 Å². The molecule has 2 N–H and O–H groups in total. The van der Waals surface area contributed by atoms with E-state index in [1.807, 2.05) is 12.1 Å². The van der Waals surface area contributed by atoms with Crippen LogP contribution in [0.4, 0.5) is 0 Å². The van der Waals surface area contributed by atoms with E-state index in [-0.39, 0.29) is 23.1 Å². The molecule has 0 radical (unpaired) electrons. The lowest BCUT2D eigenvalue weighted by atomic mass is 10.3. The smallest absolute Gasteiger partial charge is 0.338 e. The van der Waals surface area contributed by atoms with Crippen LogP contribution < -0.4 is 9.47 Å². The molecule has 2 aromatic rings. The lowest BCUT2D eigenvalue weighted by molar-refractivity contribution is -0.133. The Morgan fingerprint density at radius 1 is 0.650 bits per heavy atom. The van der Waals surface area contributed by atoms with Crippen LogP contribution >= 0.6 is 0 Å². The van der Waals surface area contributed by atoms with Crippen LogP contribution in [0.15, 0.2) is 109 Å². The van der Waals surface area contributed by atoms with E-state index >= 15 is 0 Å². The van der Waals surface area contributed by atoms with Crippen molar-refractivity contribution in [3.8, 4) is 11.5 Å². The fraction of sp³-hybridized carbons (Fsp3) is 0.226. The highest BCUT2D eigenvalue weighted by atomic mass is 16.6. The number of esters is 2. The molecule has 1 heterocycles. The molecule has 40 heavy (non-hydrogen) atoms. The van der Waals surface area contributed by atoms with Gasteiger partial charge >= 0.3 is 23.9 Å². The van der Waals surface area contributed by atoms with Crippen molar-refractivity contribution in [1.29, 1.82) is 0 Å². The minimum absolute atomic E-state index is 0.176. The van der Waals surface area contributed by atoms with Gasteiger partial charge in [0.1, 0.15) is 11.5 Å². The summed E-state index contributed by atoms with van der Waals surface area (Å²) in [6, 6.07) is 17.8. The fourth-order valence-corrected chi connectivity index (χ4v) is 1.46. The van der Waals surface area contributed by atoms with Gasteiger partial charge < -0.3 is 24.4 Å². The number of hydrogen-bond donors (Lipinski definition) is 2. The molecule has 0 bridgehead atoms. The van der Waals surface area contributed by atoms with Crippen LogP contribution in [0.1, 0.15) is 34.6 Å². The number of ether oxygens (including phenoxy) is 3. The number of rotatable bonds is 6. The molecule has 2 aromatic carbocycles. The van der Waals surface area contributed by atoms with E-state index in [0.717, 1.165) is 6.61 Å². The first-order chi connectivity index (χ1) is 18.6. The molecule has 1 atom stereocenters. The van der Waals surface area contributed by atoms with Crippen molar-refractivity contribution in [2.75, 3.05) is 6.61 Å². The summed E-state index contributed by atoms with van der Waals surface area (Å²) in [7, 11) is 0. The first-order valence-electron chi connectivity index (χ1n) is 11.8. The maximum absolute atomic E-state index is 11.0. The van der Waals surface area contributed by atoms with Crippen molar-refractivity contribution < 1.29 is 43.6 Å². The van der Waals surface area contributed by atoms with E-state index in [1.54, 1.807) is 62.4 Å². The standard InChI is InChI=1S/2C10H10O2.2C4H6O2.C3H6O/c2*1-8(2)10(11)12-9-6-4-3-5-7-9;2*1-3(2)4(5)6;1-3-2-4-3/h2*3-7H,1H2,2H3;2*1H2,2H3,(H,5,6);3H,2H2,1H3. The van der Waals surface area contributed by atoms with Crippen molar-refractivity contribution in [1.82, 2.24) is 0 Å². The zero-order valence-corrected chi connectivity index (χ0v) is 23.6. The molecule has 0 aromatic heterocycles. The largest absolute Gasteiger partial charge is 0.478 e. The lowest BCUT2D eigenvalue weighted by Gasteiger charge is -2.01. The van der Waals surface area contributed by atoms with Crippen molar-refractivity contribution in [2.24, 2.45) is 0 Å². The normalized spacial score (nSPS) is 11.7. The van der Waals surface area contributed by atoms with Crippen molar-refractivity contribution >= 4 is 23.9 Å². The average molecular weight is 555 g/mol. The number of hydrogen-bond acceptors (Lipinski definition) is 7. The van der Waals surface area contributed by atoms with Gasteiger partial charge in [-0.1, -0.05) is 62.7 Å². The maximum atomic E-state index is 11.0. The number of epoxide rings is 1. The third-order valence-electron chi connectivity index (χ3n) is 3.83. The minimum atomic E-state index is -0.935. The lowest BCUT2D eigenvalue weighted by Crippen LogP contribution is -2.07. The number of para-hydroxylation sites is 2. The molecule has 1 fully saturated rings. The summed E-state index contributed by atoms with van der Waals surface area (Å²) >= 11 is 0. The Morgan fingerprint density at radius 2 is 0.875 bits per heavy atom. The molecular weight excluding hydrogens is 516 g/mol. The van der Waals surface area contributed by atoms with E-state index in [4.69, 9.17) is 24.4 Å². The van der Waals surface area contributed by atoms with E-state index in [2.05, 4.69) is 33.2 Å². The number of aliphatic carboxylic acids is 2. The van der Waals surface area contributed by atoms with Crippen LogP contribution in [0, 0.1) is 0 Å². The third kappa shape index (κ3) is 23.6. The highest BCUT2D eigenvalue weighted by Crippen LogP contribution is 2.10. The molecule has 0 spiro atoms. The molecule has 9 nitrogen and oxygen atoms in total. The van der Waals surface area contributed by atoms with Gasteiger partial charge in [0.15, 0.2) is 0 Å². The number of carbonyl (C=O) groups excluding carboxylic acids is 2. The van der Waals surface area contributed by atoms with Crippen molar-refractivity contribution in [3.63, 3.8) is 0 Å². The first kappa shape index (κ1) is 37.4. The summed E-state index contributed by atoms with van der Waals surface area (Å²) in [5.41, 5.74) is 1.16. The molecular formula is C31H38O9. The summed E-state index contributed by atoms with van der Waals surface area (Å²) in [4.78, 5) is 41.2. The van der Waals surface area contributed by atoms with E-state index < -0.39 is 11.9 Å². The molecule has 1 aliphatic rings. The van der Waals surface area contributed by atoms with Crippen molar-refractivity contribution in [3.05, 3.63) is 109 Å². The average Bonchev–Trinajstić information content (AvgIpc) is 3.68. The summed E-state index contributed by atoms with van der Waals surface area (Å²) in [6.07, 6.45) is 0.583. The van der Waals surface area contributed by atoms with Gasteiger partial charge in [-0.25, -0.2) is 19.2 Å². The third-order valence-corrected chi connectivity index (χ3v) is 3.83. The topological polar surface area (TPSA) is 140 Å². The van der Waals surface area contributed by atoms with Crippen LogP contribution in [0.25, 0.3) is 0 Å². The number of carbonyl (C=O) groups is 4. The van der Waals surface area contributed by atoms with Crippen LogP contribution in [-0.2, 0) is 23.9 Å². The highest BCUT2D eigenvalue weighted by molar-refractivity contribution is 5.89. The van der Waals surface area contributed by atoms with Crippen LogP contribution in [0.3, 0.4) is 0 Å². The second kappa shape index (κ2) is 21.2. The Hall–Kier alpha value is -4.76. The number of carboxylic acid groups (broad SMARTS) is 2. The zero-order chi connectivity index (χ0) is 31.3. The Balaban J connectivity index is 0. The monoisotopic (exact) mass is 554 g/mol. The molecule has 216 valence electrons. The predicted octanol–water partition coefficient (Wildman–Crippen LogP) is 6.04. The second-order valence-electron chi connectivity index (χ2n) is 8.28. The summed E-state index contributed by atoms with van der Waals surface area (Å²) in [5.74, 6) is -1.55. The second-order valence-corrected chi connectivity index (χ2v) is 8.28. The van der Waals surface area contributed by atoms with Gasteiger partial charge in [0, 0.05) is 22.3 Å². The zero-order valence-electron chi connectivity index (χ0n) is 23.6. The Kier molecular flexibility index (Phi) is 19.8. The van der Waals surface area contributed by atoms with E-state index in [1.165, 1.54) is 13.8 Å². The molecule has 0 amide bonds. The summed E-state index contributed by atoms with van der Waals surface area (Å²) in [5, 5.41) is 15.8. The molecule has 0 saturated carbocycles. The molecule has 1 saturated heterocycles. The van der Waals surface area contributed by atoms with Gasteiger partial charge in [-0.05, 0) is 58.9 Å². The van der Waals surface area contributed by atoms with Crippen LogP contribution in [0.2, 0.25) is 0 Å². The van der Waals surface area contributed by atoms with Gasteiger partial charge in [-0.15, -0.1) is 0 Å². The summed E-state index contributed by atoms with van der Waals surface area (Å²) < 4.78 is 14.6. The Morgan fingerprint density at radius 3 is 1.02 bits per heavy atom. The number of benzene rings is 2. The quantitative estimate of drug-likeness (QED) is 0.189. The van der Waals surface area contributed by atoms with Gasteiger partial charge in [-0.2, -0.15) is 0 Å². The van der Waals surface area contributed by atoms with Crippen LogP contribution in [-0.4, -0.2) is 46.8 Å². The molecule has 1 aliphatic heterocycles. The van der Waals surface area contributed by atoms with Crippen molar-refractivity contribution in [2.45, 2.75) is 40.7 Å². The highest BCUT2D eigenvalue weighted by Gasteiger charge is 2.13. The van der Waals surface area contributed by atoms with Crippen LogP contribution in [0.5, 0.6) is 11.5 Å².